The van der Waals surface area contributed by atoms with Crippen molar-refractivity contribution in [2.24, 2.45) is 0 Å². The lowest BCUT2D eigenvalue weighted by Crippen LogP contribution is -2.48. The molecule has 0 bridgehead atoms. The zero-order valence-electron chi connectivity index (χ0n) is 20.0. The number of benzene rings is 2. The van der Waals surface area contributed by atoms with Crippen LogP contribution in [0.2, 0.25) is 0 Å². The molecule has 2 aromatic carbocycles. The minimum atomic E-state index is -4.81. The molecule has 38 heavy (non-hydrogen) atoms. The van der Waals surface area contributed by atoms with Crippen molar-refractivity contribution in [3.63, 3.8) is 0 Å². The van der Waals surface area contributed by atoms with Crippen molar-refractivity contribution in [1.29, 1.82) is 0 Å². The normalized spacial score (nSPS) is 20.1. The van der Waals surface area contributed by atoms with Crippen LogP contribution in [-0.2, 0) is 16.2 Å². The fourth-order valence-corrected chi connectivity index (χ4v) is 5.35. The fraction of sp³-hybridized carbons (Fsp3) is 0.417. The Labute approximate surface area is 216 Å². The maximum Gasteiger partial charge on any atom is 0.415 e. The highest BCUT2D eigenvalue weighted by atomic mass is 32.2. The first-order valence-corrected chi connectivity index (χ1v) is 12.7. The molecule has 9 nitrogen and oxygen atoms in total. The molecule has 1 aliphatic heterocycles. The first kappa shape index (κ1) is 29.1. The Morgan fingerprint density at radius 3 is 2.42 bits per heavy atom. The van der Waals surface area contributed by atoms with Gasteiger partial charge < -0.3 is 19.7 Å². The van der Waals surface area contributed by atoms with Crippen LogP contribution in [0.25, 0.3) is 9.69 Å². The Morgan fingerprint density at radius 1 is 1.16 bits per heavy atom. The van der Waals surface area contributed by atoms with E-state index in [1.165, 1.54) is 0 Å². The summed E-state index contributed by atoms with van der Waals surface area (Å²) in [6.45, 7) is 14.1. The van der Waals surface area contributed by atoms with Gasteiger partial charge in [0, 0.05) is 18.2 Å². The van der Waals surface area contributed by atoms with Gasteiger partial charge in [0.25, 0.3) is 0 Å². The standard InChI is InChI=1S/C24H23F4N3O6S/c1-4-5-8-36-19-11-17(29-2)16(25)10-20(19)37-22-12-31(13-23(22,33)14-32)38(34,35)21-7-6-15(24(26,27)28)9-18(21)30-3/h6-7,9-11,22,32-33H,4-5,8,12-14H2,1H3/t22-,23+/m0/s1. The van der Waals surface area contributed by atoms with Crippen LogP contribution in [0.1, 0.15) is 25.3 Å². The molecule has 0 aliphatic carbocycles. The van der Waals surface area contributed by atoms with Gasteiger partial charge in [0.15, 0.2) is 11.5 Å². The van der Waals surface area contributed by atoms with Crippen molar-refractivity contribution in [2.45, 2.75) is 42.5 Å². The van der Waals surface area contributed by atoms with E-state index in [-0.39, 0.29) is 23.8 Å². The molecule has 2 atom stereocenters. The van der Waals surface area contributed by atoms with Gasteiger partial charge in [0.1, 0.15) is 17.5 Å². The first-order chi connectivity index (χ1) is 17.8. The molecule has 1 heterocycles. The molecule has 2 N–H and O–H groups in total. The van der Waals surface area contributed by atoms with Gasteiger partial charge >= 0.3 is 6.18 Å². The number of unbranched alkanes of at least 4 members (excludes halogenated alkanes) is 1. The van der Waals surface area contributed by atoms with Crippen molar-refractivity contribution in [3.05, 3.63) is 64.5 Å². The number of hydrogen-bond acceptors (Lipinski definition) is 6. The Hall–Kier alpha value is -3.43. The minimum absolute atomic E-state index is 0.0366. The second-order valence-electron chi connectivity index (χ2n) is 8.52. The summed E-state index contributed by atoms with van der Waals surface area (Å²) in [6.07, 6.45) is -4.89. The van der Waals surface area contributed by atoms with Crippen LogP contribution in [-0.4, -0.2) is 60.9 Å². The molecule has 14 heteroatoms. The van der Waals surface area contributed by atoms with Crippen LogP contribution in [0.15, 0.2) is 35.2 Å². The number of β-amino-alcohol motifs (C(OH)–C–C–N with tert-alkyl or cyclic N) is 1. The van der Waals surface area contributed by atoms with Gasteiger partial charge in [-0.15, -0.1) is 0 Å². The van der Waals surface area contributed by atoms with Gasteiger partial charge in [-0.2, -0.15) is 17.5 Å². The number of rotatable bonds is 9. The largest absolute Gasteiger partial charge is 0.491 e. The highest BCUT2D eigenvalue weighted by Gasteiger charge is 2.51. The lowest BCUT2D eigenvalue weighted by molar-refractivity contribution is -0.137. The van der Waals surface area contributed by atoms with Gasteiger partial charge in [0.2, 0.25) is 21.4 Å². The highest BCUT2D eigenvalue weighted by Crippen LogP contribution is 2.40. The van der Waals surface area contributed by atoms with Crippen molar-refractivity contribution in [1.82, 2.24) is 4.31 Å². The van der Waals surface area contributed by atoms with Crippen molar-refractivity contribution in [2.75, 3.05) is 26.3 Å². The number of nitrogens with zero attached hydrogens (tertiary/aromatic N) is 3. The lowest BCUT2D eigenvalue weighted by Gasteiger charge is -2.28. The molecule has 0 unspecified atom stereocenters. The molecule has 0 aromatic heterocycles. The van der Waals surface area contributed by atoms with Gasteiger partial charge in [-0.3, -0.25) is 0 Å². The SMILES string of the molecule is [C-]#[N+]c1cc(OCCCC)c(O[C@H]2CN(S(=O)(=O)c3ccc(C(F)(F)F)cc3[N+]#[C-])C[C@@]2(O)CO)cc1F. The molecule has 0 spiro atoms. The minimum Gasteiger partial charge on any atom is -0.491 e. The van der Waals surface area contributed by atoms with Crippen LogP contribution in [0.3, 0.4) is 0 Å². The van der Waals surface area contributed by atoms with E-state index in [0.29, 0.717) is 28.9 Å². The molecule has 2 aromatic rings. The van der Waals surface area contributed by atoms with E-state index in [4.69, 9.17) is 22.6 Å². The summed E-state index contributed by atoms with van der Waals surface area (Å²) in [7, 11) is -4.64. The third-order valence-corrected chi connectivity index (χ3v) is 7.73. The topological polar surface area (TPSA) is 105 Å². The first-order valence-electron chi connectivity index (χ1n) is 11.2. The summed E-state index contributed by atoms with van der Waals surface area (Å²) in [5.74, 6) is -1.25. The molecular weight excluding hydrogens is 534 g/mol. The Balaban J connectivity index is 1.96. The molecule has 204 valence electrons. The predicted octanol–water partition coefficient (Wildman–Crippen LogP) is 4.30. The summed E-state index contributed by atoms with van der Waals surface area (Å²) in [4.78, 5) is 5.25. The van der Waals surface area contributed by atoms with Crippen LogP contribution in [0, 0.1) is 19.0 Å². The second kappa shape index (κ2) is 11.1. The molecule has 0 radical (unpaired) electrons. The zero-order chi connectivity index (χ0) is 28.3. The molecule has 3 rings (SSSR count). The summed E-state index contributed by atoms with van der Waals surface area (Å²) in [5, 5.41) is 20.8. The maximum atomic E-state index is 14.4. The van der Waals surface area contributed by atoms with Crippen LogP contribution in [0.5, 0.6) is 11.5 Å². The summed E-state index contributed by atoms with van der Waals surface area (Å²) in [6, 6.07) is 3.51. The smallest absolute Gasteiger partial charge is 0.415 e. The predicted molar refractivity (Wildman–Crippen MR) is 126 cm³/mol. The number of aliphatic hydroxyl groups is 2. The Bertz CT molecular complexity index is 1390. The molecule has 0 amide bonds. The molecule has 0 saturated carbocycles. The number of alkyl halides is 3. The van der Waals surface area contributed by atoms with E-state index in [0.717, 1.165) is 18.6 Å². The van der Waals surface area contributed by atoms with Crippen molar-refractivity contribution < 1.29 is 45.7 Å². The van der Waals surface area contributed by atoms with Crippen LogP contribution in [0.4, 0.5) is 28.9 Å². The van der Waals surface area contributed by atoms with E-state index < -0.39 is 69.6 Å². The average molecular weight is 558 g/mol. The molecule has 1 fully saturated rings. The second-order valence-corrected chi connectivity index (χ2v) is 10.4. The van der Waals surface area contributed by atoms with E-state index in [1.54, 1.807) is 0 Å². The summed E-state index contributed by atoms with van der Waals surface area (Å²) >= 11 is 0. The Morgan fingerprint density at radius 2 is 1.84 bits per heavy atom. The summed E-state index contributed by atoms with van der Waals surface area (Å²) < 4.78 is 92.1. The third-order valence-electron chi connectivity index (χ3n) is 5.88. The van der Waals surface area contributed by atoms with Crippen molar-refractivity contribution in [3.8, 4) is 11.5 Å². The van der Waals surface area contributed by atoms with Crippen LogP contribution < -0.4 is 9.47 Å². The van der Waals surface area contributed by atoms with Gasteiger partial charge in [-0.1, -0.05) is 25.5 Å². The van der Waals surface area contributed by atoms with E-state index in [1.807, 2.05) is 6.92 Å². The van der Waals surface area contributed by atoms with Gasteiger partial charge in [-0.05, 0) is 18.6 Å². The Kier molecular flexibility index (Phi) is 8.53. The van der Waals surface area contributed by atoms with E-state index >= 15 is 0 Å². The number of aliphatic hydroxyl groups excluding tert-OH is 1. The maximum absolute atomic E-state index is 14.4. The fourth-order valence-electron chi connectivity index (χ4n) is 3.74. The quantitative estimate of drug-likeness (QED) is 0.271. The lowest BCUT2D eigenvalue weighted by atomic mass is 10.0. The van der Waals surface area contributed by atoms with E-state index in [9.17, 15) is 36.2 Å². The number of sulfonamides is 1. The molecular formula is C24H23F4N3O6S. The molecule has 1 saturated heterocycles. The van der Waals surface area contributed by atoms with Gasteiger partial charge in [-0.25, -0.2) is 22.5 Å². The zero-order valence-corrected chi connectivity index (χ0v) is 20.8. The average Bonchev–Trinajstić information content (AvgIpc) is 3.21. The number of halogens is 4. The highest BCUT2D eigenvalue weighted by molar-refractivity contribution is 7.89. The monoisotopic (exact) mass is 557 g/mol. The number of ether oxygens (including phenoxy) is 2. The van der Waals surface area contributed by atoms with E-state index in [2.05, 4.69) is 9.69 Å². The van der Waals surface area contributed by atoms with Gasteiger partial charge in [0.05, 0.1) is 37.8 Å². The molecule has 1 aliphatic rings. The van der Waals surface area contributed by atoms with Crippen molar-refractivity contribution >= 4 is 21.4 Å². The third kappa shape index (κ3) is 5.84. The van der Waals surface area contributed by atoms with Crippen LogP contribution >= 0.6 is 0 Å². The summed E-state index contributed by atoms with van der Waals surface area (Å²) in [5.41, 5.74) is -4.55. The number of hydrogen-bond donors (Lipinski definition) is 2.